The second-order valence-corrected chi connectivity index (χ2v) is 9.20. The lowest BCUT2D eigenvalue weighted by Gasteiger charge is -2.54. The number of halogens is 1. The van der Waals surface area contributed by atoms with Gasteiger partial charge in [0, 0.05) is 28.7 Å². The van der Waals surface area contributed by atoms with Crippen LogP contribution in [0.1, 0.15) is 51.6 Å². The van der Waals surface area contributed by atoms with E-state index in [-0.39, 0.29) is 11.0 Å². The molecule has 1 saturated heterocycles. The lowest BCUT2D eigenvalue weighted by Crippen LogP contribution is -2.64. The summed E-state index contributed by atoms with van der Waals surface area (Å²) in [6.45, 7) is 7.73. The Morgan fingerprint density at radius 2 is 1.96 bits per heavy atom. The van der Waals surface area contributed by atoms with Crippen LogP contribution in [-0.2, 0) is 5.41 Å². The monoisotopic (exact) mass is 388 g/mol. The molecule has 0 aromatic carbocycles. The van der Waals surface area contributed by atoms with Gasteiger partial charge in [0.2, 0.25) is 0 Å². The molecule has 1 aromatic heterocycles. The van der Waals surface area contributed by atoms with Crippen LogP contribution in [0, 0.1) is 11.3 Å². The predicted octanol–water partition coefficient (Wildman–Crippen LogP) is 3.85. The number of hydrogen-bond donors (Lipinski definition) is 0. The highest BCUT2D eigenvalue weighted by atomic mass is 79.9. The van der Waals surface area contributed by atoms with Gasteiger partial charge in [0.1, 0.15) is 5.54 Å². The molecular formula is C19H25BrN4. The molecule has 5 heteroatoms. The van der Waals surface area contributed by atoms with Gasteiger partial charge in [-0.3, -0.25) is 9.88 Å². The summed E-state index contributed by atoms with van der Waals surface area (Å²) in [6, 6.07) is 5.33. The maximum atomic E-state index is 9.86. The summed E-state index contributed by atoms with van der Waals surface area (Å²) in [5.41, 5.74) is 2.30. The van der Waals surface area contributed by atoms with E-state index in [2.05, 4.69) is 56.7 Å². The van der Waals surface area contributed by atoms with Crippen LogP contribution in [0.25, 0.3) is 0 Å². The van der Waals surface area contributed by atoms with Crippen LogP contribution in [0.4, 0.5) is 5.69 Å². The minimum atomic E-state index is -0.225. The Hall–Kier alpha value is -1.12. The number of rotatable bonds is 2. The number of hydrogen-bond acceptors (Lipinski definition) is 4. The highest BCUT2D eigenvalue weighted by Gasteiger charge is 2.53. The van der Waals surface area contributed by atoms with Gasteiger partial charge < -0.3 is 4.90 Å². The third-order valence-electron chi connectivity index (χ3n) is 6.11. The van der Waals surface area contributed by atoms with Crippen molar-refractivity contribution < 1.29 is 0 Å². The van der Waals surface area contributed by atoms with Crippen molar-refractivity contribution in [2.24, 2.45) is 0 Å². The van der Waals surface area contributed by atoms with Crippen molar-refractivity contribution in [3.8, 4) is 6.07 Å². The average Bonchev–Trinajstić information content (AvgIpc) is 2.79. The van der Waals surface area contributed by atoms with Crippen LogP contribution in [0.3, 0.4) is 0 Å². The maximum Gasteiger partial charge on any atom is 0.113 e. The lowest BCUT2D eigenvalue weighted by molar-refractivity contribution is 0.0315. The van der Waals surface area contributed by atoms with E-state index < -0.39 is 0 Å². The Morgan fingerprint density at radius 1 is 1.25 bits per heavy atom. The van der Waals surface area contributed by atoms with Gasteiger partial charge in [-0.2, -0.15) is 5.26 Å². The molecule has 2 fully saturated rings. The Morgan fingerprint density at radius 3 is 2.62 bits per heavy atom. The van der Waals surface area contributed by atoms with Crippen molar-refractivity contribution in [3.63, 3.8) is 0 Å². The number of anilines is 1. The first-order valence-corrected chi connectivity index (χ1v) is 9.83. The number of piperidine rings is 1. The van der Waals surface area contributed by atoms with E-state index in [9.17, 15) is 5.26 Å². The molecular weight excluding hydrogens is 364 g/mol. The quantitative estimate of drug-likeness (QED) is 0.771. The van der Waals surface area contributed by atoms with Crippen molar-refractivity contribution in [2.75, 3.05) is 24.5 Å². The highest BCUT2D eigenvalue weighted by Crippen LogP contribution is 2.48. The van der Waals surface area contributed by atoms with Crippen molar-refractivity contribution in [1.82, 2.24) is 9.88 Å². The zero-order valence-electron chi connectivity index (χ0n) is 14.6. The molecule has 24 heavy (non-hydrogen) atoms. The fourth-order valence-electron chi connectivity index (χ4n) is 4.76. The topological polar surface area (TPSA) is 43.2 Å². The second-order valence-electron chi connectivity index (χ2n) is 8.29. The molecule has 0 atom stereocenters. The Labute approximate surface area is 153 Å². The van der Waals surface area contributed by atoms with E-state index in [4.69, 9.17) is 0 Å². The minimum absolute atomic E-state index is 0.0754. The summed E-state index contributed by atoms with van der Waals surface area (Å²) < 4.78 is 1.03. The zero-order chi connectivity index (χ0) is 16.9. The smallest absolute Gasteiger partial charge is 0.113 e. The van der Waals surface area contributed by atoms with Crippen molar-refractivity contribution >= 4 is 21.6 Å². The Bertz CT molecular complexity index is 681. The number of nitrogens with zero attached hydrogens (tertiary/aromatic N) is 4. The van der Waals surface area contributed by atoms with E-state index in [1.807, 2.05) is 6.20 Å². The zero-order valence-corrected chi connectivity index (χ0v) is 16.1. The number of fused-ring (bicyclic) bond motifs is 1. The Kier molecular flexibility index (Phi) is 3.89. The molecule has 0 bridgehead atoms. The first-order valence-electron chi connectivity index (χ1n) is 9.04. The first-order chi connectivity index (χ1) is 11.5. The van der Waals surface area contributed by atoms with Gasteiger partial charge >= 0.3 is 0 Å². The van der Waals surface area contributed by atoms with Crippen LogP contribution < -0.4 is 4.90 Å². The Balaban J connectivity index is 1.55. The van der Waals surface area contributed by atoms with Crippen LogP contribution in [-0.4, -0.2) is 41.1 Å². The van der Waals surface area contributed by atoms with Gasteiger partial charge in [-0.15, -0.1) is 0 Å². The molecule has 1 saturated carbocycles. The van der Waals surface area contributed by atoms with Gasteiger partial charge in [-0.25, -0.2) is 0 Å². The lowest BCUT2D eigenvalue weighted by atomic mass is 9.70. The van der Waals surface area contributed by atoms with Gasteiger partial charge in [-0.1, -0.05) is 20.3 Å². The molecule has 4 rings (SSSR count). The fraction of sp³-hybridized carbons (Fsp3) is 0.684. The van der Waals surface area contributed by atoms with E-state index >= 15 is 0 Å². The SMILES string of the molecule is CC1(C)CN([C@H]2C[C@@](C#N)(N3CCCCC3)C2)c2cc(Br)cnc21. The number of likely N-dealkylation sites (tertiary alicyclic amines) is 1. The minimum Gasteiger partial charge on any atom is -0.366 e. The van der Waals surface area contributed by atoms with Gasteiger partial charge in [-0.05, 0) is 60.8 Å². The second kappa shape index (κ2) is 5.71. The van der Waals surface area contributed by atoms with Gasteiger partial charge in [0.15, 0.2) is 0 Å². The number of pyridine rings is 1. The van der Waals surface area contributed by atoms with Crippen LogP contribution in [0.2, 0.25) is 0 Å². The molecule has 4 nitrogen and oxygen atoms in total. The summed E-state index contributed by atoms with van der Waals surface area (Å²) in [7, 11) is 0. The molecule has 3 aliphatic rings. The van der Waals surface area contributed by atoms with Crippen molar-refractivity contribution in [2.45, 2.75) is 62.9 Å². The predicted molar refractivity (Wildman–Crippen MR) is 99.1 cm³/mol. The maximum absolute atomic E-state index is 9.86. The molecule has 2 aliphatic heterocycles. The van der Waals surface area contributed by atoms with Crippen LogP contribution in [0.5, 0.6) is 0 Å². The van der Waals surface area contributed by atoms with E-state index in [0.717, 1.165) is 36.9 Å². The van der Waals surface area contributed by atoms with E-state index in [1.54, 1.807) is 0 Å². The van der Waals surface area contributed by atoms with Crippen LogP contribution in [0.15, 0.2) is 16.7 Å². The molecule has 3 heterocycles. The standard InChI is InChI=1S/C19H25BrN4/c1-18(2)13-24(16-8-14(20)11-22-17(16)18)15-9-19(10-15,12-21)23-6-4-3-5-7-23/h8,11,15H,3-7,9-10,13H2,1-2H3/t15-,19+. The summed E-state index contributed by atoms with van der Waals surface area (Å²) in [5.74, 6) is 0. The number of nitriles is 1. The molecule has 1 aromatic rings. The molecule has 0 spiro atoms. The summed E-state index contributed by atoms with van der Waals surface area (Å²) in [6.07, 6.45) is 7.62. The molecule has 0 N–H and O–H groups in total. The summed E-state index contributed by atoms with van der Waals surface area (Å²) >= 11 is 3.57. The van der Waals surface area contributed by atoms with E-state index in [1.165, 1.54) is 30.6 Å². The molecule has 1 aliphatic carbocycles. The van der Waals surface area contributed by atoms with E-state index in [0.29, 0.717) is 6.04 Å². The molecule has 0 radical (unpaired) electrons. The highest BCUT2D eigenvalue weighted by molar-refractivity contribution is 9.10. The third kappa shape index (κ3) is 2.46. The number of aromatic nitrogens is 1. The average molecular weight is 389 g/mol. The van der Waals surface area contributed by atoms with Crippen LogP contribution >= 0.6 is 15.9 Å². The van der Waals surface area contributed by atoms with Gasteiger partial charge in [0.25, 0.3) is 0 Å². The first kappa shape index (κ1) is 16.4. The largest absolute Gasteiger partial charge is 0.366 e. The van der Waals surface area contributed by atoms with Gasteiger partial charge in [0.05, 0.1) is 17.5 Å². The molecule has 0 amide bonds. The fourth-order valence-corrected chi connectivity index (χ4v) is 5.08. The third-order valence-corrected chi connectivity index (χ3v) is 6.54. The summed E-state index contributed by atoms with van der Waals surface area (Å²) in [5, 5.41) is 9.86. The normalized spacial score (nSPS) is 32.1. The molecule has 0 unspecified atom stereocenters. The van der Waals surface area contributed by atoms with Crippen molar-refractivity contribution in [1.29, 1.82) is 5.26 Å². The summed E-state index contributed by atoms with van der Waals surface area (Å²) in [4.78, 5) is 9.64. The van der Waals surface area contributed by atoms with Crippen molar-refractivity contribution in [3.05, 3.63) is 22.4 Å². The molecule has 128 valence electrons.